The first kappa shape index (κ1) is 13.2. The molecule has 2 rings (SSSR count). The first-order valence-electron chi connectivity index (χ1n) is 6.16. The van der Waals surface area contributed by atoms with Gasteiger partial charge in [-0.3, -0.25) is 0 Å². The van der Waals surface area contributed by atoms with Crippen molar-refractivity contribution in [3.8, 4) is 11.5 Å². The normalized spacial score (nSPS) is 15.3. The molecule has 3 nitrogen and oxygen atoms in total. The summed E-state index contributed by atoms with van der Waals surface area (Å²) in [5.41, 5.74) is 1.02. The van der Waals surface area contributed by atoms with E-state index in [0.717, 1.165) is 17.7 Å². The van der Waals surface area contributed by atoms with Crippen LogP contribution < -0.4 is 9.47 Å². The van der Waals surface area contributed by atoms with E-state index < -0.39 is 0 Å². The van der Waals surface area contributed by atoms with Crippen molar-refractivity contribution in [1.82, 2.24) is 0 Å². The van der Waals surface area contributed by atoms with Crippen molar-refractivity contribution in [3.63, 3.8) is 0 Å². The van der Waals surface area contributed by atoms with Gasteiger partial charge in [-0.05, 0) is 30.9 Å². The monoisotopic (exact) mass is 268 g/mol. The molecule has 0 N–H and O–H groups in total. The van der Waals surface area contributed by atoms with Crippen LogP contribution in [0.3, 0.4) is 0 Å². The van der Waals surface area contributed by atoms with Crippen LogP contribution in [-0.4, -0.2) is 19.0 Å². The van der Waals surface area contributed by atoms with Gasteiger partial charge in [0, 0.05) is 17.5 Å². The van der Waals surface area contributed by atoms with Gasteiger partial charge in [-0.25, -0.2) is 0 Å². The maximum absolute atomic E-state index is 11.0. The van der Waals surface area contributed by atoms with E-state index in [4.69, 9.17) is 21.1 Å². The highest BCUT2D eigenvalue weighted by Gasteiger charge is 2.18. The summed E-state index contributed by atoms with van der Waals surface area (Å²) in [5.74, 6) is 1.89. The van der Waals surface area contributed by atoms with Gasteiger partial charge in [-0.1, -0.05) is 18.5 Å². The van der Waals surface area contributed by atoms with E-state index in [1.54, 1.807) is 13.0 Å². The summed E-state index contributed by atoms with van der Waals surface area (Å²) in [4.78, 5) is 11.0. The Bertz CT molecular complexity index is 457. The van der Waals surface area contributed by atoms with E-state index in [0.29, 0.717) is 30.4 Å². The van der Waals surface area contributed by atoms with Crippen molar-refractivity contribution >= 4 is 17.4 Å². The Kier molecular flexibility index (Phi) is 4.12. The number of halogens is 1. The molecular formula is C14H17ClO3. The highest BCUT2D eigenvalue weighted by Crippen LogP contribution is 2.39. The lowest BCUT2D eigenvalue weighted by Crippen LogP contribution is -2.15. The van der Waals surface area contributed by atoms with E-state index in [1.165, 1.54) is 0 Å². The number of hydrogen-bond donors (Lipinski definition) is 0. The topological polar surface area (TPSA) is 35.5 Å². The van der Waals surface area contributed by atoms with Crippen LogP contribution in [0.2, 0.25) is 5.02 Å². The molecule has 1 aromatic carbocycles. The van der Waals surface area contributed by atoms with Gasteiger partial charge in [-0.2, -0.15) is 0 Å². The van der Waals surface area contributed by atoms with Crippen LogP contribution in [0.5, 0.6) is 11.5 Å². The second-order valence-electron chi connectivity index (χ2n) is 4.66. The SMILES string of the molecule is CC(=O)CCC(C)c1cc2c(cc1Cl)OCCO2. The van der Waals surface area contributed by atoms with Crippen LogP contribution in [0, 0.1) is 0 Å². The van der Waals surface area contributed by atoms with E-state index in [1.807, 2.05) is 6.07 Å². The fourth-order valence-electron chi connectivity index (χ4n) is 2.03. The van der Waals surface area contributed by atoms with Gasteiger partial charge in [0.15, 0.2) is 11.5 Å². The maximum atomic E-state index is 11.0. The number of rotatable bonds is 4. The highest BCUT2D eigenvalue weighted by molar-refractivity contribution is 6.31. The molecule has 1 aliphatic heterocycles. The molecule has 0 spiro atoms. The van der Waals surface area contributed by atoms with Gasteiger partial charge >= 0.3 is 0 Å². The smallest absolute Gasteiger partial charge is 0.162 e. The molecule has 0 saturated carbocycles. The molecule has 1 aromatic rings. The number of ketones is 1. The van der Waals surface area contributed by atoms with Gasteiger partial charge in [0.25, 0.3) is 0 Å². The fourth-order valence-corrected chi connectivity index (χ4v) is 2.37. The third-order valence-electron chi connectivity index (χ3n) is 3.12. The molecule has 0 radical (unpaired) electrons. The van der Waals surface area contributed by atoms with Gasteiger partial charge in [0.1, 0.15) is 19.0 Å². The second-order valence-corrected chi connectivity index (χ2v) is 5.07. The minimum Gasteiger partial charge on any atom is -0.486 e. The Labute approximate surface area is 112 Å². The quantitative estimate of drug-likeness (QED) is 0.837. The summed E-state index contributed by atoms with van der Waals surface area (Å²) in [7, 11) is 0. The van der Waals surface area contributed by atoms with Crippen LogP contribution in [0.25, 0.3) is 0 Å². The van der Waals surface area contributed by atoms with Gasteiger partial charge in [0.05, 0.1) is 0 Å². The first-order chi connectivity index (χ1) is 8.58. The average Bonchev–Trinajstić information content (AvgIpc) is 2.35. The van der Waals surface area contributed by atoms with Gasteiger partial charge in [-0.15, -0.1) is 0 Å². The molecule has 1 atom stereocenters. The summed E-state index contributed by atoms with van der Waals surface area (Å²) >= 11 is 6.25. The molecular weight excluding hydrogens is 252 g/mol. The van der Waals surface area contributed by atoms with Gasteiger partial charge < -0.3 is 14.3 Å². The van der Waals surface area contributed by atoms with Crippen molar-refractivity contribution in [1.29, 1.82) is 0 Å². The third kappa shape index (κ3) is 2.96. The van der Waals surface area contributed by atoms with E-state index in [-0.39, 0.29) is 11.7 Å². The Morgan fingerprint density at radius 2 is 1.94 bits per heavy atom. The van der Waals surface area contributed by atoms with Crippen molar-refractivity contribution in [3.05, 3.63) is 22.7 Å². The molecule has 0 aliphatic carbocycles. The zero-order chi connectivity index (χ0) is 13.1. The lowest BCUT2D eigenvalue weighted by atomic mass is 9.95. The Morgan fingerprint density at radius 1 is 1.33 bits per heavy atom. The number of hydrogen-bond acceptors (Lipinski definition) is 3. The lowest BCUT2D eigenvalue weighted by Gasteiger charge is -2.21. The van der Waals surface area contributed by atoms with Crippen LogP contribution in [0.15, 0.2) is 12.1 Å². The predicted molar refractivity (Wildman–Crippen MR) is 70.8 cm³/mol. The third-order valence-corrected chi connectivity index (χ3v) is 3.45. The highest BCUT2D eigenvalue weighted by atomic mass is 35.5. The van der Waals surface area contributed by atoms with Crippen LogP contribution in [0.1, 0.15) is 38.2 Å². The molecule has 4 heteroatoms. The predicted octanol–water partition coefficient (Wildman–Crippen LogP) is 3.58. The van der Waals surface area contributed by atoms with E-state index in [9.17, 15) is 4.79 Å². The summed E-state index contributed by atoms with van der Waals surface area (Å²) in [6.07, 6.45) is 1.38. The fraction of sp³-hybridized carbons (Fsp3) is 0.500. The van der Waals surface area contributed by atoms with Gasteiger partial charge in [0.2, 0.25) is 0 Å². The summed E-state index contributed by atoms with van der Waals surface area (Å²) in [5, 5.41) is 0.676. The van der Waals surface area contributed by atoms with Crippen LogP contribution in [-0.2, 0) is 4.79 Å². The van der Waals surface area contributed by atoms with E-state index >= 15 is 0 Å². The zero-order valence-corrected chi connectivity index (χ0v) is 11.4. The van der Waals surface area contributed by atoms with Crippen molar-refractivity contribution in [2.24, 2.45) is 0 Å². The molecule has 0 fully saturated rings. The number of carbonyl (C=O) groups is 1. The number of Topliss-reactive ketones (excluding diaryl/α,β-unsaturated/α-hetero) is 1. The minimum atomic E-state index is 0.204. The zero-order valence-electron chi connectivity index (χ0n) is 10.7. The Hall–Kier alpha value is -1.22. The molecule has 1 aliphatic rings. The molecule has 1 heterocycles. The molecule has 18 heavy (non-hydrogen) atoms. The molecule has 1 unspecified atom stereocenters. The summed E-state index contributed by atoms with van der Waals surface area (Å²) < 4.78 is 11.0. The number of carbonyl (C=O) groups excluding carboxylic acids is 1. The van der Waals surface area contributed by atoms with Crippen LogP contribution >= 0.6 is 11.6 Å². The largest absolute Gasteiger partial charge is 0.486 e. The van der Waals surface area contributed by atoms with Crippen molar-refractivity contribution in [2.45, 2.75) is 32.6 Å². The number of ether oxygens (including phenoxy) is 2. The molecule has 0 amide bonds. The molecule has 0 saturated heterocycles. The number of benzene rings is 1. The average molecular weight is 269 g/mol. The molecule has 0 bridgehead atoms. The minimum absolute atomic E-state index is 0.204. The Morgan fingerprint density at radius 3 is 2.56 bits per heavy atom. The first-order valence-corrected chi connectivity index (χ1v) is 6.54. The lowest BCUT2D eigenvalue weighted by molar-refractivity contribution is -0.117. The Balaban J connectivity index is 2.19. The maximum Gasteiger partial charge on any atom is 0.162 e. The molecule has 0 aromatic heterocycles. The van der Waals surface area contributed by atoms with E-state index in [2.05, 4.69) is 6.92 Å². The van der Waals surface area contributed by atoms with Crippen molar-refractivity contribution < 1.29 is 14.3 Å². The molecule has 98 valence electrons. The van der Waals surface area contributed by atoms with Crippen molar-refractivity contribution in [2.75, 3.05) is 13.2 Å². The summed E-state index contributed by atoms with van der Waals surface area (Å²) in [6, 6.07) is 3.73. The second kappa shape index (κ2) is 5.61. The van der Waals surface area contributed by atoms with Crippen LogP contribution in [0.4, 0.5) is 0 Å². The summed E-state index contributed by atoms with van der Waals surface area (Å²) in [6.45, 7) is 4.80. The number of fused-ring (bicyclic) bond motifs is 1. The standard InChI is InChI=1S/C14H17ClO3/c1-9(3-4-10(2)16)11-7-13-14(8-12(11)15)18-6-5-17-13/h7-9H,3-6H2,1-2H3.